The quantitative estimate of drug-likeness (QED) is 0.249. The molecule has 0 saturated carbocycles. The number of alkyl halides is 3. The number of hydrogen-bond donors (Lipinski definition) is 1. The maximum absolute atomic E-state index is 14.7. The van der Waals surface area contributed by atoms with Crippen LogP contribution in [0.5, 0.6) is 5.75 Å². The molecule has 5 aromatic rings. The predicted molar refractivity (Wildman–Crippen MR) is 143 cm³/mol. The molecule has 1 N–H and O–H groups in total. The zero-order valence-corrected chi connectivity index (χ0v) is 22.1. The highest BCUT2D eigenvalue weighted by atomic mass is 32.1. The molecule has 14 heteroatoms. The molecule has 5 rings (SSSR count). The molecule has 210 valence electrons. The molecule has 0 fully saturated rings. The average Bonchev–Trinajstić information content (AvgIpc) is 3.38. The molecule has 0 unspecified atom stereocenters. The first-order valence-electron chi connectivity index (χ1n) is 11.9. The molecular formula is C28H15F4N5O4S. The van der Waals surface area contributed by atoms with Crippen molar-refractivity contribution in [3.05, 3.63) is 86.2 Å². The van der Waals surface area contributed by atoms with Gasteiger partial charge in [-0.15, -0.1) is 11.3 Å². The Morgan fingerprint density at radius 1 is 1.14 bits per heavy atom. The minimum absolute atomic E-state index is 0.0174. The number of aromatic nitrogens is 3. The van der Waals surface area contributed by atoms with Crippen molar-refractivity contribution in [3.63, 3.8) is 0 Å². The van der Waals surface area contributed by atoms with Gasteiger partial charge in [0, 0.05) is 28.8 Å². The number of nitrogens with zero attached hydrogens (tertiary/aromatic N) is 5. The smallest absolute Gasteiger partial charge is 0.416 e. The zero-order valence-electron chi connectivity index (χ0n) is 21.3. The number of fused-ring (bicyclic) bond motifs is 2. The Kier molecular flexibility index (Phi) is 7.10. The molecule has 0 atom stereocenters. The molecule has 2 aromatic carbocycles. The Bertz CT molecular complexity index is 2070. The monoisotopic (exact) mass is 593 g/mol. The summed E-state index contributed by atoms with van der Waals surface area (Å²) in [5.74, 6) is -2.02. The molecule has 0 aliphatic carbocycles. The fourth-order valence-electron chi connectivity index (χ4n) is 4.49. The number of halogens is 4. The second-order valence-electron chi connectivity index (χ2n) is 8.92. The minimum Gasteiger partial charge on any atom is -0.491 e. The van der Waals surface area contributed by atoms with Crippen molar-refractivity contribution in [1.29, 1.82) is 10.5 Å². The largest absolute Gasteiger partial charge is 0.491 e. The molecule has 3 heterocycles. The van der Waals surface area contributed by atoms with Crippen LogP contribution in [0.15, 0.2) is 46.7 Å². The van der Waals surface area contributed by atoms with Crippen LogP contribution in [-0.4, -0.2) is 32.2 Å². The summed E-state index contributed by atoms with van der Waals surface area (Å²) in [4.78, 5) is 33.1. The SMILES string of the molecule is Cc1nc2cc(C(F)(F)F)cc(C#N)c2c(=O)n1CCOc1cc(F)c(C#N)cc1-c1ccnc2c(C(=O)O)csc12. The van der Waals surface area contributed by atoms with Gasteiger partial charge in [0.15, 0.2) is 0 Å². The lowest BCUT2D eigenvalue weighted by atomic mass is 10.0. The van der Waals surface area contributed by atoms with Crippen LogP contribution in [0.2, 0.25) is 0 Å². The van der Waals surface area contributed by atoms with E-state index in [1.807, 2.05) is 0 Å². The van der Waals surface area contributed by atoms with Crippen LogP contribution in [0.3, 0.4) is 0 Å². The Morgan fingerprint density at radius 2 is 1.88 bits per heavy atom. The molecule has 0 bridgehead atoms. The van der Waals surface area contributed by atoms with Crippen molar-refractivity contribution >= 4 is 38.4 Å². The number of ether oxygens (including phenoxy) is 1. The predicted octanol–water partition coefficient (Wildman–Crippen LogP) is 5.66. The van der Waals surface area contributed by atoms with E-state index in [-0.39, 0.29) is 57.8 Å². The summed E-state index contributed by atoms with van der Waals surface area (Å²) in [6, 6.07) is 8.48. The highest BCUT2D eigenvalue weighted by Gasteiger charge is 2.32. The highest BCUT2D eigenvalue weighted by molar-refractivity contribution is 7.18. The van der Waals surface area contributed by atoms with Crippen LogP contribution >= 0.6 is 11.3 Å². The number of carbonyl (C=O) groups is 1. The summed E-state index contributed by atoms with van der Waals surface area (Å²) < 4.78 is 61.9. The normalized spacial score (nSPS) is 11.4. The molecule has 42 heavy (non-hydrogen) atoms. The zero-order chi connectivity index (χ0) is 30.3. The summed E-state index contributed by atoms with van der Waals surface area (Å²) in [7, 11) is 0. The van der Waals surface area contributed by atoms with Crippen molar-refractivity contribution < 1.29 is 32.2 Å². The average molecular weight is 594 g/mol. The van der Waals surface area contributed by atoms with Gasteiger partial charge >= 0.3 is 12.1 Å². The summed E-state index contributed by atoms with van der Waals surface area (Å²) in [6.45, 7) is 0.993. The lowest BCUT2D eigenvalue weighted by molar-refractivity contribution is -0.137. The van der Waals surface area contributed by atoms with Crippen LogP contribution in [-0.2, 0) is 12.7 Å². The van der Waals surface area contributed by atoms with E-state index < -0.39 is 34.6 Å². The maximum Gasteiger partial charge on any atom is 0.416 e. The topological polar surface area (TPSA) is 142 Å². The fraction of sp³-hybridized carbons (Fsp3) is 0.143. The first-order valence-corrected chi connectivity index (χ1v) is 12.8. The van der Waals surface area contributed by atoms with E-state index in [4.69, 9.17) is 4.74 Å². The lowest BCUT2D eigenvalue weighted by Crippen LogP contribution is -2.27. The molecule has 9 nitrogen and oxygen atoms in total. The molecule has 0 radical (unpaired) electrons. The molecule has 0 amide bonds. The Labute approximate surface area is 237 Å². The van der Waals surface area contributed by atoms with Gasteiger partial charge in [-0.25, -0.2) is 14.2 Å². The van der Waals surface area contributed by atoms with E-state index in [2.05, 4.69) is 9.97 Å². The number of nitriles is 2. The third-order valence-corrected chi connectivity index (χ3v) is 7.44. The van der Waals surface area contributed by atoms with E-state index in [1.165, 1.54) is 24.6 Å². The number of carboxylic acid groups (broad SMARTS) is 1. The van der Waals surface area contributed by atoms with Crippen molar-refractivity contribution in [1.82, 2.24) is 14.5 Å². The van der Waals surface area contributed by atoms with Gasteiger partial charge in [0.2, 0.25) is 0 Å². The molecular weight excluding hydrogens is 578 g/mol. The van der Waals surface area contributed by atoms with Crippen LogP contribution in [0.1, 0.15) is 32.9 Å². The van der Waals surface area contributed by atoms with Gasteiger partial charge in [0.1, 0.15) is 36.1 Å². The van der Waals surface area contributed by atoms with Gasteiger partial charge < -0.3 is 9.84 Å². The van der Waals surface area contributed by atoms with E-state index in [9.17, 15) is 42.8 Å². The summed E-state index contributed by atoms with van der Waals surface area (Å²) >= 11 is 1.10. The van der Waals surface area contributed by atoms with Crippen LogP contribution in [0.25, 0.3) is 32.2 Å². The number of aryl methyl sites for hydroxylation is 1. The Balaban J connectivity index is 1.53. The molecule has 0 spiro atoms. The third kappa shape index (κ3) is 4.88. The summed E-state index contributed by atoms with van der Waals surface area (Å²) in [5, 5.41) is 29.4. The number of thiophene rings is 1. The van der Waals surface area contributed by atoms with Crippen molar-refractivity contribution in [2.24, 2.45) is 0 Å². The van der Waals surface area contributed by atoms with E-state index in [0.717, 1.165) is 22.0 Å². The van der Waals surface area contributed by atoms with Crippen LogP contribution < -0.4 is 10.3 Å². The van der Waals surface area contributed by atoms with Gasteiger partial charge in [-0.1, -0.05) is 0 Å². The number of pyridine rings is 1. The second kappa shape index (κ2) is 10.6. The molecule has 0 saturated heterocycles. The first kappa shape index (κ1) is 28.2. The number of rotatable bonds is 6. The van der Waals surface area contributed by atoms with Gasteiger partial charge in [0.05, 0.1) is 49.9 Å². The highest BCUT2D eigenvalue weighted by Crippen LogP contribution is 2.39. The molecule has 3 aromatic heterocycles. The molecule has 0 aliphatic rings. The van der Waals surface area contributed by atoms with Crippen molar-refractivity contribution in [2.45, 2.75) is 19.6 Å². The fourth-order valence-corrected chi connectivity index (χ4v) is 5.51. The van der Waals surface area contributed by atoms with Crippen molar-refractivity contribution in [3.8, 4) is 29.0 Å². The summed E-state index contributed by atoms with van der Waals surface area (Å²) in [6.07, 6.45) is -3.37. The second-order valence-corrected chi connectivity index (χ2v) is 9.80. The van der Waals surface area contributed by atoms with Gasteiger partial charge in [0.25, 0.3) is 5.56 Å². The van der Waals surface area contributed by atoms with Gasteiger partial charge in [-0.2, -0.15) is 23.7 Å². The minimum atomic E-state index is -4.75. The number of benzene rings is 2. The maximum atomic E-state index is 14.7. The van der Waals surface area contributed by atoms with Crippen LogP contribution in [0.4, 0.5) is 17.6 Å². The lowest BCUT2D eigenvalue weighted by Gasteiger charge is -2.16. The summed E-state index contributed by atoms with van der Waals surface area (Å²) in [5.41, 5.74) is -2.04. The number of aromatic carboxylic acids is 1. The first-order chi connectivity index (χ1) is 19.9. The van der Waals surface area contributed by atoms with Gasteiger partial charge in [-0.05, 0) is 31.2 Å². The molecule has 0 aliphatic heterocycles. The van der Waals surface area contributed by atoms with Crippen LogP contribution in [0, 0.1) is 35.4 Å². The van der Waals surface area contributed by atoms with E-state index in [0.29, 0.717) is 22.4 Å². The number of carboxylic acids is 1. The number of hydrogen-bond acceptors (Lipinski definition) is 8. The van der Waals surface area contributed by atoms with Crippen molar-refractivity contribution in [2.75, 3.05) is 6.61 Å². The van der Waals surface area contributed by atoms with Gasteiger partial charge in [-0.3, -0.25) is 14.3 Å². The standard InChI is InChI=1S/C28H15F4N5O4S/c1-13-36-21-8-16(28(30,31)32)6-15(11-34)23(21)26(38)37(13)4-5-41-22-9-20(29)14(10-33)7-18(22)17-2-3-35-24-19(27(39)40)12-42-25(17)24/h2-3,6-9,12H,4-5H2,1H3,(H,39,40). The van der Waals surface area contributed by atoms with E-state index in [1.54, 1.807) is 18.2 Å². The Hall–Kier alpha value is -5.34. The Morgan fingerprint density at radius 3 is 2.55 bits per heavy atom. The third-order valence-electron chi connectivity index (χ3n) is 6.43. The van der Waals surface area contributed by atoms with E-state index >= 15 is 0 Å².